The van der Waals surface area contributed by atoms with Crippen molar-refractivity contribution in [3.63, 3.8) is 0 Å². The summed E-state index contributed by atoms with van der Waals surface area (Å²) in [5.41, 5.74) is 1.09. The number of carbonyl (C=O) groups is 2. The third-order valence-electron chi connectivity index (χ3n) is 4.78. The third-order valence-corrected chi connectivity index (χ3v) is 4.78. The molecule has 0 bridgehead atoms. The van der Waals surface area contributed by atoms with E-state index < -0.39 is 6.10 Å². The highest BCUT2D eigenvalue weighted by molar-refractivity contribution is 5.93. The fourth-order valence-corrected chi connectivity index (χ4v) is 3.41. The van der Waals surface area contributed by atoms with Crippen molar-refractivity contribution in [2.45, 2.75) is 63.9 Å². The number of nitrogens with zero attached hydrogens (tertiary/aromatic N) is 1. The van der Waals surface area contributed by atoms with Gasteiger partial charge in [0.15, 0.2) is 11.9 Å². The molecule has 0 unspecified atom stereocenters. The number of carbonyl (C=O) groups excluding carboxylic acids is 2. The number of unbranched alkanes of at least 4 members (excludes halogenated alkanes) is 2. The molecule has 0 saturated carbocycles. The molecular weight excluding hydrogens is 318 g/mol. The SMILES string of the molecule is CCCCC[C@H](OCc1ccccc1)[C@@H]1OC(=O)N2C=CC(=O)C[C@H]12. The Balaban J connectivity index is 1.70. The molecule has 0 aromatic heterocycles. The second kappa shape index (κ2) is 8.30. The average molecular weight is 343 g/mol. The maximum Gasteiger partial charge on any atom is 0.414 e. The number of hydrogen-bond donors (Lipinski definition) is 0. The maximum atomic E-state index is 12.1. The maximum absolute atomic E-state index is 12.1. The number of benzene rings is 1. The quantitative estimate of drug-likeness (QED) is 0.673. The summed E-state index contributed by atoms with van der Waals surface area (Å²) < 4.78 is 11.7. The predicted octanol–water partition coefficient (Wildman–Crippen LogP) is 3.83. The van der Waals surface area contributed by atoms with Gasteiger partial charge in [-0.25, -0.2) is 4.79 Å². The first-order valence-corrected chi connectivity index (χ1v) is 9.04. The number of fused-ring (bicyclic) bond motifs is 1. The van der Waals surface area contributed by atoms with Gasteiger partial charge in [-0.05, 0) is 18.1 Å². The summed E-state index contributed by atoms with van der Waals surface area (Å²) in [5, 5.41) is 0. The monoisotopic (exact) mass is 343 g/mol. The molecule has 0 aliphatic carbocycles. The Morgan fingerprint density at radius 2 is 2.04 bits per heavy atom. The second-order valence-corrected chi connectivity index (χ2v) is 6.64. The van der Waals surface area contributed by atoms with E-state index in [1.165, 1.54) is 11.0 Å². The second-order valence-electron chi connectivity index (χ2n) is 6.64. The molecular formula is C20H25NO4. The molecule has 3 atom stereocenters. The Bertz CT molecular complexity index is 628. The lowest BCUT2D eigenvalue weighted by Crippen LogP contribution is -2.43. The standard InChI is InChI=1S/C20H25NO4/c1-2-3-5-10-18(24-14-15-8-6-4-7-9-15)19-17-13-16(22)11-12-21(17)20(23)25-19/h4,6-9,11-12,17-19H,2-3,5,10,13-14H2,1H3/t17-,18+,19-/m1/s1. The van der Waals surface area contributed by atoms with Crippen LogP contribution in [0.1, 0.15) is 44.6 Å². The molecule has 134 valence electrons. The van der Waals surface area contributed by atoms with Crippen LogP contribution >= 0.6 is 0 Å². The molecule has 0 N–H and O–H groups in total. The topological polar surface area (TPSA) is 55.8 Å². The Kier molecular flexibility index (Phi) is 5.87. The largest absolute Gasteiger partial charge is 0.441 e. The minimum atomic E-state index is -0.401. The fourth-order valence-electron chi connectivity index (χ4n) is 3.41. The molecule has 0 radical (unpaired) electrons. The van der Waals surface area contributed by atoms with Gasteiger partial charge in [-0.15, -0.1) is 0 Å². The van der Waals surface area contributed by atoms with E-state index in [2.05, 4.69) is 6.92 Å². The van der Waals surface area contributed by atoms with Crippen LogP contribution < -0.4 is 0 Å². The molecule has 2 aliphatic rings. The molecule has 2 heterocycles. The average Bonchev–Trinajstić information content (AvgIpc) is 2.95. The van der Waals surface area contributed by atoms with Crippen molar-refractivity contribution in [2.75, 3.05) is 0 Å². The minimum Gasteiger partial charge on any atom is -0.441 e. The van der Waals surface area contributed by atoms with Crippen LogP contribution in [-0.2, 0) is 20.9 Å². The zero-order chi connectivity index (χ0) is 17.6. The fraction of sp³-hybridized carbons (Fsp3) is 0.500. The lowest BCUT2D eigenvalue weighted by Gasteiger charge is -2.29. The number of ketones is 1. The van der Waals surface area contributed by atoms with E-state index in [1.807, 2.05) is 30.3 Å². The van der Waals surface area contributed by atoms with Gasteiger partial charge in [-0.3, -0.25) is 9.69 Å². The zero-order valence-electron chi connectivity index (χ0n) is 14.6. The molecule has 1 fully saturated rings. The number of amides is 1. The van der Waals surface area contributed by atoms with Gasteiger partial charge >= 0.3 is 6.09 Å². The van der Waals surface area contributed by atoms with Crippen LogP contribution in [0.2, 0.25) is 0 Å². The molecule has 0 spiro atoms. The molecule has 2 aliphatic heterocycles. The summed E-state index contributed by atoms with van der Waals surface area (Å²) >= 11 is 0. The van der Waals surface area contributed by atoms with Crippen LogP contribution in [0.15, 0.2) is 42.6 Å². The van der Waals surface area contributed by atoms with E-state index in [4.69, 9.17) is 9.47 Å². The molecule has 3 rings (SSSR count). The van der Waals surface area contributed by atoms with Crippen LogP contribution in [0.4, 0.5) is 4.79 Å². The third kappa shape index (κ3) is 4.28. The van der Waals surface area contributed by atoms with Gasteiger partial charge in [0.05, 0.1) is 18.8 Å². The van der Waals surface area contributed by atoms with Crippen molar-refractivity contribution in [3.8, 4) is 0 Å². The van der Waals surface area contributed by atoms with Crippen molar-refractivity contribution < 1.29 is 19.1 Å². The molecule has 25 heavy (non-hydrogen) atoms. The molecule has 5 heteroatoms. The highest BCUT2D eigenvalue weighted by Gasteiger charge is 2.47. The Labute approximate surface area is 148 Å². The molecule has 1 aromatic carbocycles. The Morgan fingerprint density at radius 1 is 1.24 bits per heavy atom. The van der Waals surface area contributed by atoms with Crippen LogP contribution in [0.3, 0.4) is 0 Å². The smallest absolute Gasteiger partial charge is 0.414 e. The van der Waals surface area contributed by atoms with Gasteiger partial charge in [-0.1, -0.05) is 56.5 Å². The summed E-state index contributed by atoms with van der Waals surface area (Å²) in [6.07, 6.45) is 6.35. The van der Waals surface area contributed by atoms with Crippen LogP contribution in [0.25, 0.3) is 0 Å². The summed E-state index contributed by atoms with van der Waals surface area (Å²) in [6.45, 7) is 2.63. The van der Waals surface area contributed by atoms with Gasteiger partial charge in [0, 0.05) is 12.6 Å². The number of allylic oxidation sites excluding steroid dienone is 1. The highest BCUT2D eigenvalue weighted by atomic mass is 16.6. The van der Waals surface area contributed by atoms with E-state index in [0.717, 1.165) is 31.2 Å². The number of ether oxygens (including phenoxy) is 2. The normalized spacial score (nSPS) is 23.5. The minimum absolute atomic E-state index is 0.0277. The summed E-state index contributed by atoms with van der Waals surface area (Å²) in [4.78, 5) is 25.5. The number of rotatable bonds is 8. The molecule has 1 aromatic rings. The van der Waals surface area contributed by atoms with Gasteiger partial charge < -0.3 is 9.47 Å². The van der Waals surface area contributed by atoms with Gasteiger partial charge in [0.1, 0.15) is 0 Å². The summed E-state index contributed by atoms with van der Waals surface area (Å²) in [5.74, 6) is 0.0277. The van der Waals surface area contributed by atoms with E-state index in [1.54, 1.807) is 6.20 Å². The Morgan fingerprint density at radius 3 is 2.80 bits per heavy atom. The van der Waals surface area contributed by atoms with Gasteiger partial charge in [0.25, 0.3) is 0 Å². The lowest BCUT2D eigenvalue weighted by atomic mass is 9.94. The number of cyclic esters (lactones) is 1. The molecule has 1 saturated heterocycles. The zero-order valence-corrected chi connectivity index (χ0v) is 14.6. The first-order valence-electron chi connectivity index (χ1n) is 9.04. The highest BCUT2D eigenvalue weighted by Crippen LogP contribution is 2.31. The molecule has 5 nitrogen and oxygen atoms in total. The van der Waals surface area contributed by atoms with Crippen molar-refractivity contribution in [2.24, 2.45) is 0 Å². The van der Waals surface area contributed by atoms with Crippen LogP contribution in [0, 0.1) is 0 Å². The van der Waals surface area contributed by atoms with E-state index in [-0.39, 0.29) is 24.0 Å². The van der Waals surface area contributed by atoms with E-state index >= 15 is 0 Å². The van der Waals surface area contributed by atoms with E-state index in [0.29, 0.717) is 13.0 Å². The van der Waals surface area contributed by atoms with Crippen molar-refractivity contribution in [3.05, 3.63) is 48.2 Å². The first kappa shape index (κ1) is 17.7. The van der Waals surface area contributed by atoms with Crippen molar-refractivity contribution in [1.82, 2.24) is 4.90 Å². The molecule has 1 amide bonds. The summed E-state index contributed by atoms with van der Waals surface area (Å²) in [6, 6.07) is 9.71. The Hall–Kier alpha value is -2.14. The van der Waals surface area contributed by atoms with Crippen molar-refractivity contribution in [1.29, 1.82) is 0 Å². The van der Waals surface area contributed by atoms with Crippen LogP contribution in [0.5, 0.6) is 0 Å². The van der Waals surface area contributed by atoms with Crippen molar-refractivity contribution >= 4 is 11.9 Å². The lowest BCUT2D eigenvalue weighted by molar-refractivity contribution is -0.117. The van der Waals surface area contributed by atoms with Gasteiger partial charge in [-0.2, -0.15) is 0 Å². The van der Waals surface area contributed by atoms with Crippen LogP contribution in [-0.4, -0.2) is 35.0 Å². The number of hydrogen-bond acceptors (Lipinski definition) is 4. The predicted molar refractivity (Wildman–Crippen MR) is 93.8 cm³/mol. The van der Waals surface area contributed by atoms with Gasteiger partial charge in [0.2, 0.25) is 0 Å². The summed E-state index contributed by atoms with van der Waals surface area (Å²) in [7, 11) is 0. The first-order chi connectivity index (χ1) is 12.2. The van der Waals surface area contributed by atoms with E-state index in [9.17, 15) is 9.59 Å².